The summed E-state index contributed by atoms with van der Waals surface area (Å²) in [5, 5.41) is 13.2. The van der Waals surface area contributed by atoms with Crippen molar-refractivity contribution in [1.82, 2.24) is 14.7 Å². The number of carboxylic acids is 1. The Morgan fingerprint density at radius 1 is 1.47 bits per heavy atom. The van der Waals surface area contributed by atoms with E-state index in [2.05, 4.69) is 5.10 Å². The summed E-state index contributed by atoms with van der Waals surface area (Å²) < 4.78 is 1.71. The summed E-state index contributed by atoms with van der Waals surface area (Å²) in [5.41, 5.74) is 0. The minimum absolute atomic E-state index is 0.00829. The average Bonchev–Trinajstić information content (AvgIpc) is 2.89. The molecule has 6 nitrogen and oxygen atoms in total. The molecule has 2 atom stereocenters. The van der Waals surface area contributed by atoms with Gasteiger partial charge in [0, 0.05) is 37.9 Å². The number of amides is 1. The zero-order valence-corrected chi connectivity index (χ0v) is 11.0. The first kappa shape index (κ1) is 13.6. The molecule has 1 fully saturated rings. The standard InChI is InChI=1S/C13H19N3O3/c1-10-11(13(18)19)4-2-8-16(10)12(17)5-9-15-7-3-6-14-15/h3,6-7,10-11H,2,4-5,8-9H2,1H3,(H,18,19)/t10-,11-/m1/s1. The van der Waals surface area contributed by atoms with Crippen LogP contribution in [0.15, 0.2) is 18.5 Å². The van der Waals surface area contributed by atoms with Gasteiger partial charge in [0.05, 0.1) is 5.92 Å². The Bertz CT molecular complexity index is 444. The number of hydrogen-bond donors (Lipinski definition) is 1. The number of piperidine rings is 1. The van der Waals surface area contributed by atoms with Crippen molar-refractivity contribution in [3.8, 4) is 0 Å². The number of rotatable bonds is 4. The van der Waals surface area contributed by atoms with Crippen LogP contribution in [-0.2, 0) is 16.1 Å². The molecule has 0 bridgehead atoms. The number of likely N-dealkylation sites (tertiary alicyclic amines) is 1. The van der Waals surface area contributed by atoms with Crippen LogP contribution in [0.3, 0.4) is 0 Å². The van der Waals surface area contributed by atoms with E-state index < -0.39 is 11.9 Å². The van der Waals surface area contributed by atoms with Gasteiger partial charge in [0.15, 0.2) is 0 Å². The van der Waals surface area contributed by atoms with Crippen LogP contribution in [0.4, 0.5) is 0 Å². The second kappa shape index (κ2) is 5.86. The highest BCUT2D eigenvalue weighted by molar-refractivity contribution is 5.78. The maximum atomic E-state index is 12.2. The molecule has 0 saturated carbocycles. The van der Waals surface area contributed by atoms with Crippen LogP contribution in [0.5, 0.6) is 0 Å². The third kappa shape index (κ3) is 3.13. The Morgan fingerprint density at radius 3 is 2.89 bits per heavy atom. The van der Waals surface area contributed by atoms with Gasteiger partial charge in [-0.15, -0.1) is 0 Å². The number of carbonyl (C=O) groups is 2. The minimum atomic E-state index is -0.808. The average molecular weight is 265 g/mol. The minimum Gasteiger partial charge on any atom is -0.481 e. The number of carbonyl (C=O) groups excluding carboxylic acids is 1. The van der Waals surface area contributed by atoms with E-state index in [9.17, 15) is 9.59 Å². The second-order valence-electron chi connectivity index (χ2n) is 4.93. The molecule has 0 unspecified atom stereocenters. The van der Waals surface area contributed by atoms with E-state index in [0.29, 0.717) is 25.9 Å². The predicted octanol–water partition coefficient (Wildman–Crippen LogP) is 0.985. The highest BCUT2D eigenvalue weighted by atomic mass is 16.4. The summed E-state index contributed by atoms with van der Waals surface area (Å²) in [6, 6.07) is 1.59. The monoisotopic (exact) mass is 265 g/mol. The van der Waals surface area contributed by atoms with Gasteiger partial charge in [0.25, 0.3) is 0 Å². The fourth-order valence-electron chi connectivity index (χ4n) is 2.61. The summed E-state index contributed by atoms with van der Waals surface area (Å²) in [7, 11) is 0. The van der Waals surface area contributed by atoms with Crippen LogP contribution in [-0.4, -0.2) is 44.3 Å². The summed E-state index contributed by atoms with van der Waals surface area (Å²) in [6.45, 7) is 3.01. The third-order valence-corrected chi connectivity index (χ3v) is 3.74. The molecule has 0 aliphatic carbocycles. The van der Waals surface area contributed by atoms with Gasteiger partial charge in [-0.1, -0.05) is 0 Å². The quantitative estimate of drug-likeness (QED) is 0.880. The van der Waals surface area contributed by atoms with E-state index in [1.54, 1.807) is 15.8 Å². The van der Waals surface area contributed by atoms with Gasteiger partial charge >= 0.3 is 5.97 Å². The van der Waals surface area contributed by atoms with E-state index in [0.717, 1.165) is 6.42 Å². The fourth-order valence-corrected chi connectivity index (χ4v) is 2.61. The van der Waals surface area contributed by atoms with Gasteiger partial charge < -0.3 is 10.0 Å². The number of nitrogens with zero attached hydrogens (tertiary/aromatic N) is 3. The predicted molar refractivity (Wildman–Crippen MR) is 68.4 cm³/mol. The molecule has 1 aromatic heterocycles. The van der Waals surface area contributed by atoms with Crippen molar-refractivity contribution in [3.05, 3.63) is 18.5 Å². The fraction of sp³-hybridized carbons (Fsp3) is 0.615. The van der Waals surface area contributed by atoms with Crippen molar-refractivity contribution in [2.45, 2.75) is 38.8 Å². The van der Waals surface area contributed by atoms with Crippen LogP contribution in [0, 0.1) is 5.92 Å². The Morgan fingerprint density at radius 2 is 2.26 bits per heavy atom. The molecular weight excluding hydrogens is 246 g/mol. The second-order valence-corrected chi connectivity index (χ2v) is 4.93. The number of aliphatic carboxylic acids is 1. The number of carboxylic acid groups (broad SMARTS) is 1. The molecule has 19 heavy (non-hydrogen) atoms. The number of aromatic nitrogens is 2. The van der Waals surface area contributed by atoms with Crippen LogP contribution in [0.2, 0.25) is 0 Å². The van der Waals surface area contributed by atoms with Crippen LogP contribution >= 0.6 is 0 Å². The van der Waals surface area contributed by atoms with Gasteiger partial charge in [-0.25, -0.2) is 0 Å². The van der Waals surface area contributed by atoms with Gasteiger partial charge in [0.2, 0.25) is 5.91 Å². The van der Waals surface area contributed by atoms with Gasteiger partial charge in [-0.3, -0.25) is 14.3 Å². The van der Waals surface area contributed by atoms with Crippen molar-refractivity contribution < 1.29 is 14.7 Å². The van der Waals surface area contributed by atoms with Crippen molar-refractivity contribution >= 4 is 11.9 Å². The molecule has 0 radical (unpaired) electrons. The smallest absolute Gasteiger partial charge is 0.308 e. The lowest BCUT2D eigenvalue weighted by molar-refractivity contribution is -0.149. The maximum absolute atomic E-state index is 12.2. The lowest BCUT2D eigenvalue weighted by Crippen LogP contribution is -2.49. The number of hydrogen-bond acceptors (Lipinski definition) is 3. The Kier molecular flexibility index (Phi) is 4.19. The summed E-state index contributed by atoms with van der Waals surface area (Å²) in [4.78, 5) is 25.0. The van der Waals surface area contributed by atoms with Gasteiger partial charge in [-0.05, 0) is 25.8 Å². The molecule has 1 saturated heterocycles. The molecule has 1 N–H and O–H groups in total. The highest BCUT2D eigenvalue weighted by Crippen LogP contribution is 2.24. The lowest BCUT2D eigenvalue weighted by Gasteiger charge is -2.37. The van der Waals surface area contributed by atoms with Crippen molar-refractivity contribution in [3.63, 3.8) is 0 Å². The SMILES string of the molecule is C[C@@H]1[C@H](C(=O)O)CCCN1C(=O)CCn1cccn1. The van der Waals surface area contributed by atoms with E-state index in [1.807, 2.05) is 19.2 Å². The van der Waals surface area contributed by atoms with E-state index in [-0.39, 0.29) is 11.9 Å². The number of aryl methyl sites for hydroxylation is 1. The maximum Gasteiger partial charge on any atom is 0.308 e. The Labute approximate surface area is 112 Å². The first-order valence-electron chi connectivity index (χ1n) is 6.59. The molecule has 104 valence electrons. The van der Waals surface area contributed by atoms with E-state index in [1.165, 1.54) is 0 Å². The van der Waals surface area contributed by atoms with Crippen LogP contribution < -0.4 is 0 Å². The highest BCUT2D eigenvalue weighted by Gasteiger charge is 2.34. The molecule has 0 aromatic carbocycles. The molecular formula is C13H19N3O3. The summed E-state index contributed by atoms with van der Waals surface area (Å²) in [6.07, 6.45) is 5.26. The Balaban J connectivity index is 1.92. The van der Waals surface area contributed by atoms with E-state index >= 15 is 0 Å². The lowest BCUT2D eigenvalue weighted by atomic mass is 9.90. The topological polar surface area (TPSA) is 75.4 Å². The summed E-state index contributed by atoms with van der Waals surface area (Å²) in [5.74, 6) is -1.24. The molecule has 6 heteroatoms. The third-order valence-electron chi connectivity index (χ3n) is 3.74. The van der Waals surface area contributed by atoms with Gasteiger partial charge in [-0.2, -0.15) is 5.10 Å². The first-order chi connectivity index (χ1) is 9.09. The van der Waals surface area contributed by atoms with Crippen LogP contribution in [0.25, 0.3) is 0 Å². The van der Waals surface area contributed by atoms with Crippen LogP contribution in [0.1, 0.15) is 26.2 Å². The molecule has 0 spiro atoms. The zero-order valence-electron chi connectivity index (χ0n) is 11.0. The molecule has 1 aromatic rings. The molecule has 1 amide bonds. The van der Waals surface area contributed by atoms with Gasteiger partial charge in [0.1, 0.15) is 0 Å². The molecule has 2 heterocycles. The first-order valence-corrected chi connectivity index (χ1v) is 6.59. The normalized spacial score (nSPS) is 23.3. The van der Waals surface area contributed by atoms with Crippen molar-refractivity contribution in [2.75, 3.05) is 6.54 Å². The molecule has 2 rings (SSSR count). The summed E-state index contributed by atoms with van der Waals surface area (Å²) >= 11 is 0. The van der Waals surface area contributed by atoms with E-state index in [4.69, 9.17) is 5.11 Å². The largest absolute Gasteiger partial charge is 0.481 e. The molecule has 1 aliphatic rings. The van der Waals surface area contributed by atoms with Crippen molar-refractivity contribution in [1.29, 1.82) is 0 Å². The Hall–Kier alpha value is -1.85. The van der Waals surface area contributed by atoms with Crippen molar-refractivity contribution in [2.24, 2.45) is 5.92 Å². The zero-order chi connectivity index (χ0) is 13.8. The molecule has 1 aliphatic heterocycles.